The fraction of sp³-hybridized carbons (Fsp3) is 0.647. The third-order valence-corrected chi connectivity index (χ3v) is 4.48. The summed E-state index contributed by atoms with van der Waals surface area (Å²) >= 11 is 0. The summed E-state index contributed by atoms with van der Waals surface area (Å²) in [5.41, 5.74) is 0.570. The molecule has 0 aliphatic carbocycles. The quantitative estimate of drug-likeness (QED) is 0.871. The van der Waals surface area contributed by atoms with E-state index in [2.05, 4.69) is 29.4 Å². The monoisotopic (exact) mass is 318 g/mol. The molecular weight excluding hydrogens is 292 g/mol. The van der Waals surface area contributed by atoms with Crippen LogP contribution in [0.15, 0.2) is 18.5 Å². The summed E-state index contributed by atoms with van der Waals surface area (Å²) < 4.78 is 0. The number of hydrogen-bond donors (Lipinski definition) is 1. The maximum Gasteiger partial charge on any atom is 0.255 e. The van der Waals surface area contributed by atoms with Crippen LogP contribution in [0, 0.1) is 5.92 Å². The van der Waals surface area contributed by atoms with Crippen molar-refractivity contribution < 1.29 is 9.59 Å². The van der Waals surface area contributed by atoms with Gasteiger partial charge in [0.15, 0.2) is 0 Å². The third kappa shape index (κ3) is 4.74. The molecule has 23 heavy (non-hydrogen) atoms. The van der Waals surface area contributed by atoms with Gasteiger partial charge in [0.05, 0.1) is 18.0 Å². The third-order valence-electron chi connectivity index (χ3n) is 4.48. The lowest BCUT2D eigenvalue weighted by atomic mass is 9.89. The zero-order chi connectivity index (χ0) is 16.7. The van der Waals surface area contributed by atoms with E-state index < -0.39 is 0 Å². The van der Waals surface area contributed by atoms with Gasteiger partial charge in [0.25, 0.3) is 5.91 Å². The first-order valence-corrected chi connectivity index (χ1v) is 8.51. The van der Waals surface area contributed by atoms with Crippen LogP contribution in [0.2, 0.25) is 0 Å². The van der Waals surface area contributed by atoms with Crippen molar-refractivity contribution in [3.63, 3.8) is 0 Å². The maximum absolute atomic E-state index is 12.5. The predicted molar refractivity (Wildman–Crippen MR) is 87.8 cm³/mol. The lowest BCUT2D eigenvalue weighted by Gasteiger charge is -2.38. The number of nitrogens with one attached hydrogen (secondary N) is 1. The SMILES string of the molecule is CCCCC(=O)N[C@H]1CCN(C(=O)c2ccnnc2)C[C@H]1CC. The van der Waals surface area contributed by atoms with Crippen LogP contribution < -0.4 is 5.32 Å². The molecule has 2 amide bonds. The van der Waals surface area contributed by atoms with Gasteiger partial charge in [-0.15, -0.1) is 0 Å². The van der Waals surface area contributed by atoms with Gasteiger partial charge in [0, 0.05) is 25.6 Å². The molecule has 6 heteroatoms. The van der Waals surface area contributed by atoms with Gasteiger partial charge in [0.1, 0.15) is 0 Å². The van der Waals surface area contributed by atoms with E-state index >= 15 is 0 Å². The molecule has 1 fully saturated rings. The summed E-state index contributed by atoms with van der Waals surface area (Å²) in [5.74, 6) is 0.426. The van der Waals surface area contributed by atoms with Crippen LogP contribution >= 0.6 is 0 Å². The van der Waals surface area contributed by atoms with E-state index in [4.69, 9.17) is 0 Å². The second-order valence-corrected chi connectivity index (χ2v) is 6.12. The van der Waals surface area contributed by atoms with E-state index in [9.17, 15) is 9.59 Å². The lowest BCUT2D eigenvalue weighted by molar-refractivity contribution is -0.122. The van der Waals surface area contributed by atoms with Gasteiger partial charge in [-0.05, 0) is 31.2 Å². The Morgan fingerprint density at radius 2 is 2.17 bits per heavy atom. The zero-order valence-electron chi connectivity index (χ0n) is 14.0. The molecule has 2 atom stereocenters. The predicted octanol–water partition coefficient (Wildman–Crippen LogP) is 2.02. The molecule has 2 heterocycles. The van der Waals surface area contributed by atoms with Gasteiger partial charge in [-0.25, -0.2) is 0 Å². The van der Waals surface area contributed by atoms with Crippen molar-refractivity contribution in [2.75, 3.05) is 13.1 Å². The van der Waals surface area contributed by atoms with Crippen LogP contribution in [0.4, 0.5) is 0 Å². The number of carbonyl (C=O) groups is 2. The van der Waals surface area contributed by atoms with Crippen molar-refractivity contribution in [3.8, 4) is 0 Å². The number of aromatic nitrogens is 2. The minimum atomic E-state index is -0.00545. The first-order valence-electron chi connectivity index (χ1n) is 8.51. The summed E-state index contributed by atoms with van der Waals surface area (Å²) in [4.78, 5) is 26.3. The number of nitrogens with zero attached hydrogens (tertiary/aromatic N) is 3. The summed E-state index contributed by atoms with van der Waals surface area (Å²) in [5, 5.41) is 10.6. The second kappa shape index (κ2) is 8.60. The molecule has 0 bridgehead atoms. The van der Waals surface area contributed by atoms with E-state index in [1.165, 1.54) is 12.4 Å². The Kier molecular flexibility index (Phi) is 6.50. The highest BCUT2D eigenvalue weighted by Crippen LogP contribution is 2.22. The number of rotatable bonds is 6. The minimum absolute atomic E-state index is 0.00545. The highest BCUT2D eigenvalue weighted by Gasteiger charge is 2.31. The number of hydrogen-bond acceptors (Lipinski definition) is 4. The van der Waals surface area contributed by atoms with Crippen molar-refractivity contribution in [2.45, 2.75) is 52.0 Å². The van der Waals surface area contributed by atoms with Crippen molar-refractivity contribution in [1.29, 1.82) is 0 Å². The fourth-order valence-electron chi connectivity index (χ4n) is 3.04. The first-order chi connectivity index (χ1) is 11.2. The Bertz CT molecular complexity index is 521. The van der Waals surface area contributed by atoms with Gasteiger partial charge in [-0.3, -0.25) is 9.59 Å². The Morgan fingerprint density at radius 1 is 1.35 bits per heavy atom. The van der Waals surface area contributed by atoms with Gasteiger partial charge < -0.3 is 10.2 Å². The van der Waals surface area contributed by atoms with E-state index in [-0.39, 0.29) is 17.9 Å². The highest BCUT2D eigenvalue weighted by molar-refractivity contribution is 5.93. The average molecular weight is 318 g/mol. The molecule has 0 aromatic carbocycles. The van der Waals surface area contributed by atoms with Gasteiger partial charge >= 0.3 is 0 Å². The van der Waals surface area contributed by atoms with E-state index in [0.717, 1.165) is 25.7 Å². The molecule has 1 saturated heterocycles. The highest BCUT2D eigenvalue weighted by atomic mass is 16.2. The van der Waals surface area contributed by atoms with Crippen molar-refractivity contribution in [2.24, 2.45) is 5.92 Å². The Hall–Kier alpha value is -1.98. The molecule has 1 N–H and O–H groups in total. The van der Waals surface area contributed by atoms with E-state index in [1.54, 1.807) is 6.07 Å². The Labute approximate surface area is 137 Å². The number of piperidine rings is 1. The van der Waals surface area contributed by atoms with Crippen LogP contribution in [-0.2, 0) is 4.79 Å². The smallest absolute Gasteiger partial charge is 0.255 e. The lowest BCUT2D eigenvalue weighted by Crippen LogP contribution is -2.52. The van der Waals surface area contributed by atoms with Gasteiger partial charge in [-0.1, -0.05) is 20.3 Å². The van der Waals surface area contributed by atoms with Crippen LogP contribution in [0.3, 0.4) is 0 Å². The normalized spacial score (nSPS) is 21.0. The summed E-state index contributed by atoms with van der Waals surface area (Å²) in [7, 11) is 0. The fourth-order valence-corrected chi connectivity index (χ4v) is 3.04. The second-order valence-electron chi connectivity index (χ2n) is 6.12. The molecule has 1 aliphatic rings. The van der Waals surface area contributed by atoms with E-state index in [1.807, 2.05) is 4.90 Å². The number of unbranched alkanes of at least 4 members (excludes halogenated alkanes) is 1. The molecule has 0 unspecified atom stereocenters. The van der Waals surface area contributed by atoms with Crippen LogP contribution in [0.1, 0.15) is 56.3 Å². The largest absolute Gasteiger partial charge is 0.353 e. The molecular formula is C17H26N4O2. The van der Waals surface area contributed by atoms with Gasteiger partial charge in [0.2, 0.25) is 5.91 Å². The number of likely N-dealkylation sites (tertiary alicyclic amines) is 1. The first kappa shape index (κ1) is 17.4. The van der Waals surface area contributed by atoms with Crippen molar-refractivity contribution in [3.05, 3.63) is 24.0 Å². The molecule has 1 aromatic heterocycles. The van der Waals surface area contributed by atoms with Crippen LogP contribution in [0.5, 0.6) is 0 Å². The molecule has 1 aromatic rings. The average Bonchev–Trinajstić information content (AvgIpc) is 2.60. The Morgan fingerprint density at radius 3 is 2.83 bits per heavy atom. The molecule has 0 saturated carbocycles. The van der Waals surface area contributed by atoms with Crippen molar-refractivity contribution in [1.82, 2.24) is 20.4 Å². The summed E-state index contributed by atoms with van der Waals surface area (Å²) in [6.07, 6.45) is 7.33. The van der Waals surface area contributed by atoms with Crippen LogP contribution in [-0.4, -0.2) is 46.0 Å². The molecule has 2 rings (SSSR count). The standard InChI is InChI=1S/C17H26N4O2/c1-3-5-6-16(22)20-15-8-10-21(12-13(15)4-2)17(23)14-7-9-18-19-11-14/h7,9,11,13,15H,3-6,8,10,12H2,1-2H3,(H,20,22)/t13-,15+/m1/s1. The van der Waals surface area contributed by atoms with Gasteiger partial charge in [-0.2, -0.15) is 10.2 Å². The molecule has 0 spiro atoms. The molecule has 126 valence electrons. The number of amides is 2. The molecule has 1 aliphatic heterocycles. The zero-order valence-corrected chi connectivity index (χ0v) is 14.0. The minimum Gasteiger partial charge on any atom is -0.353 e. The number of carbonyl (C=O) groups excluding carboxylic acids is 2. The summed E-state index contributed by atoms with van der Waals surface area (Å²) in [6, 6.07) is 1.86. The maximum atomic E-state index is 12.5. The Balaban J connectivity index is 1.93. The molecule has 0 radical (unpaired) electrons. The van der Waals surface area contributed by atoms with Crippen molar-refractivity contribution >= 4 is 11.8 Å². The van der Waals surface area contributed by atoms with Crippen LogP contribution in [0.25, 0.3) is 0 Å². The van der Waals surface area contributed by atoms with E-state index in [0.29, 0.717) is 31.0 Å². The summed E-state index contributed by atoms with van der Waals surface area (Å²) in [6.45, 7) is 5.53. The molecule has 6 nitrogen and oxygen atoms in total. The topological polar surface area (TPSA) is 75.2 Å².